The number of benzene rings is 1. The van der Waals surface area contributed by atoms with Crippen LogP contribution in [0.2, 0.25) is 5.15 Å². The maximum atomic E-state index is 12.0. The standard InChI is InChI=1S/C17H16ClNO3/c1-2-22-17(21)14-6-3-12(4-7-14)9-15(20)10-13-5-8-16(18)19-11-13/h3-8,11H,2,9-10H2,1H3. The highest BCUT2D eigenvalue weighted by atomic mass is 35.5. The Morgan fingerprint density at radius 2 is 1.68 bits per heavy atom. The van der Waals surface area contributed by atoms with E-state index in [9.17, 15) is 9.59 Å². The van der Waals surface area contributed by atoms with Gasteiger partial charge in [-0.05, 0) is 36.2 Å². The van der Waals surface area contributed by atoms with Gasteiger partial charge < -0.3 is 4.74 Å². The average molecular weight is 318 g/mol. The minimum absolute atomic E-state index is 0.0769. The van der Waals surface area contributed by atoms with Crippen molar-refractivity contribution in [3.05, 3.63) is 64.4 Å². The van der Waals surface area contributed by atoms with Gasteiger partial charge in [0.15, 0.2) is 0 Å². The number of carbonyl (C=O) groups excluding carboxylic acids is 2. The summed E-state index contributed by atoms with van der Waals surface area (Å²) in [5.41, 5.74) is 2.18. The van der Waals surface area contributed by atoms with Crippen LogP contribution in [0.4, 0.5) is 0 Å². The molecule has 0 atom stereocenters. The fourth-order valence-electron chi connectivity index (χ4n) is 2.00. The van der Waals surface area contributed by atoms with Crippen LogP contribution in [0.25, 0.3) is 0 Å². The fraction of sp³-hybridized carbons (Fsp3) is 0.235. The highest BCUT2D eigenvalue weighted by molar-refractivity contribution is 6.29. The summed E-state index contributed by atoms with van der Waals surface area (Å²) in [4.78, 5) is 27.5. The maximum absolute atomic E-state index is 12.0. The van der Waals surface area contributed by atoms with Crippen LogP contribution in [-0.2, 0) is 22.4 Å². The average Bonchev–Trinajstić information content (AvgIpc) is 2.50. The summed E-state index contributed by atoms with van der Waals surface area (Å²) < 4.78 is 4.91. The number of ether oxygens (including phenoxy) is 1. The van der Waals surface area contributed by atoms with Gasteiger partial charge in [-0.3, -0.25) is 4.79 Å². The van der Waals surface area contributed by atoms with E-state index in [0.717, 1.165) is 11.1 Å². The smallest absolute Gasteiger partial charge is 0.338 e. The molecule has 0 radical (unpaired) electrons. The van der Waals surface area contributed by atoms with Gasteiger partial charge in [-0.2, -0.15) is 0 Å². The molecule has 0 aliphatic rings. The molecule has 1 aromatic carbocycles. The molecule has 1 aromatic heterocycles. The first-order valence-corrected chi connectivity index (χ1v) is 7.34. The van der Waals surface area contributed by atoms with E-state index in [2.05, 4.69) is 4.98 Å². The van der Waals surface area contributed by atoms with Crippen molar-refractivity contribution in [3.63, 3.8) is 0 Å². The molecule has 0 N–H and O–H groups in total. The zero-order valence-electron chi connectivity index (χ0n) is 12.2. The molecule has 0 saturated carbocycles. The van der Waals surface area contributed by atoms with Crippen LogP contribution in [0.3, 0.4) is 0 Å². The molecule has 0 amide bonds. The molecule has 4 nitrogen and oxygen atoms in total. The Morgan fingerprint density at radius 1 is 1.05 bits per heavy atom. The number of hydrogen-bond acceptors (Lipinski definition) is 4. The van der Waals surface area contributed by atoms with Gasteiger partial charge in [0.25, 0.3) is 0 Å². The summed E-state index contributed by atoms with van der Waals surface area (Å²) in [6, 6.07) is 10.3. The van der Waals surface area contributed by atoms with E-state index in [1.807, 2.05) is 0 Å². The van der Waals surface area contributed by atoms with E-state index >= 15 is 0 Å². The number of pyridine rings is 1. The Kier molecular flexibility index (Phi) is 5.67. The SMILES string of the molecule is CCOC(=O)c1ccc(CC(=O)Cc2ccc(Cl)nc2)cc1. The number of aromatic nitrogens is 1. The molecule has 0 saturated heterocycles. The molecule has 5 heteroatoms. The Labute approximate surface area is 134 Å². The summed E-state index contributed by atoms with van der Waals surface area (Å²) in [7, 11) is 0. The summed E-state index contributed by atoms with van der Waals surface area (Å²) in [6.07, 6.45) is 2.22. The van der Waals surface area contributed by atoms with Gasteiger partial charge in [0.05, 0.1) is 12.2 Å². The van der Waals surface area contributed by atoms with Crippen LogP contribution < -0.4 is 0 Å². The molecule has 114 valence electrons. The third-order valence-electron chi connectivity index (χ3n) is 3.06. The lowest BCUT2D eigenvalue weighted by Crippen LogP contribution is -2.08. The number of halogens is 1. The molecule has 1 heterocycles. The van der Waals surface area contributed by atoms with Crippen LogP contribution in [0.15, 0.2) is 42.6 Å². The molecule has 0 unspecified atom stereocenters. The fourth-order valence-corrected chi connectivity index (χ4v) is 2.11. The lowest BCUT2D eigenvalue weighted by Gasteiger charge is -2.04. The second-order valence-electron chi connectivity index (χ2n) is 4.80. The van der Waals surface area contributed by atoms with E-state index < -0.39 is 0 Å². The molecule has 2 aromatic rings. The molecule has 0 aliphatic carbocycles. The van der Waals surface area contributed by atoms with Crippen molar-refractivity contribution < 1.29 is 14.3 Å². The Balaban J connectivity index is 1.94. The van der Waals surface area contributed by atoms with E-state index in [-0.39, 0.29) is 11.8 Å². The second-order valence-corrected chi connectivity index (χ2v) is 5.19. The van der Waals surface area contributed by atoms with Crippen LogP contribution in [-0.4, -0.2) is 23.3 Å². The number of hydrogen-bond donors (Lipinski definition) is 0. The Morgan fingerprint density at radius 3 is 2.27 bits per heavy atom. The third kappa shape index (κ3) is 4.67. The highest BCUT2D eigenvalue weighted by Gasteiger charge is 2.09. The summed E-state index contributed by atoms with van der Waals surface area (Å²) in [6.45, 7) is 2.10. The molecule has 22 heavy (non-hydrogen) atoms. The molecule has 0 aliphatic heterocycles. The predicted octanol–water partition coefficient (Wildman–Crippen LogP) is 3.27. The molecule has 0 bridgehead atoms. The largest absolute Gasteiger partial charge is 0.462 e. The second kappa shape index (κ2) is 7.71. The van der Waals surface area contributed by atoms with Crippen LogP contribution >= 0.6 is 11.6 Å². The number of nitrogens with zero attached hydrogens (tertiary/aromatic N) is 1. The summed E-state index contributed by atoms with van der Waals surface area (Å²) in [5.74, 6) is -0.277. The minimum atomic E-state index is -0.354. The van der Waals surface area contributed by atoms with Crippen molar-refractivity contribution in [3.8, 4) is 0 Å². The normalized spacial score (nSPS) is 10.3. The zero-order chi connectivity index (χ0) is 15.9. The first-order valence-electron chi connectivity index (χ1n) is 6.96. The Hall–Kier alpha value is -2.20. The first kappa shape index (κ1) is 16.2. The van der Waals surface area contributed by atoms with E-state index in [1.165, 1.54) is 0 Å². The van der Waals surface area contributed by atoms with Gasteiger partial charge in [0.2, 0.25) is 0 Å². The highest BCUT2D eigenvalue weighted by Crippen LogP contribution is 2.10. The van der Waals surface area contributed by atoms with Crippen molar-refractivity contribution in [2.24, 2.45) is 0 Å². The quantitative estimate of drug-likeness (QED) is 0.606. The number of Topliss-reactive ketones (excluding diaryl/α,β-unsaturated/α-hetero) is 1. The van der Waals surface area contributed by atoms with Gasteiger partial charge >= 0.3 is 5.97 Å². The van der Waals surface area contributed by atoms with Crippen molar-refractivity contribution >= 4 is 23.4 Å². The number of rotatable bonds is 6. The van der Waals surface area contributed by atoms with Gasteiger partial charge in [0.1, 0.15) is 10.9 Å². The number of carbonyl (C=O) groups is 2. The van der Waals surface area contributed by atoms with Gasteiger partial charge in [-0.1, -0.05) is 29.8 Å². The van der Waals surface area contributed by atoms with Crippen LogP contribution in [0.1, 0.15) is 28.4 Å². The predicted molar refractivity (Wildman–Crippen MR) is 84.1 cm³/mol. The van der Waals surface area contributed by atoms with Crippen molar-refractivity contribution in [2.45, 2.75) is 19.8 Å². The lowest BCUT2D eigenvalue weighted by molar-refractivity contribution is -0.117. The van der Waals surface area contributed by atoms with E-state index in [1.54, 1.807) is 49.5 Å². The first-order chi connectivity index (χ1) is 10.6. The molecular weight excluding hydrogens is 302 g/mol. The minimum Gasteiger partial charge on any atom is -0.462 e. The van der Waals surface area contributed by atoms with Crippen molar-refractivity contribution in [2.75, 3.05) is 6.61 Å². The topological polar surface area (TPSA) is 56.3 Å². The monoisotopic (exact) mass is 317 g/mol. The lowest BCUT2D eigenvalue weighted by atomic mass is 10.0. The van der Waals surface area contributed by atoms with Gasteiger partial charge in [0, 0.05) is 19.0 Å². The molecular formula is C17H16ClNO3. The Bertz CT molecular complexity index is 651. The maximum Gasteiger partial charge on any atom is 0.338 e. The zero-order valence-corrected chi connectivity index (χ0v) is 13.0. The summed E-state index contributed by atoms with van der Waals surface area (Å²) in [5, 5.41) is 0.408. The van der Waals surface area contributed by atoms with Crippen molar-refractivity contribution in [1.82, 2.24) is 4.98 Å². The molecule has 0 spiro atoms. The summed E-state index contributed by atoms with van der Waals surface area (Å²) >= 11 is 5.71. The van der Waals surface area contributed by atoms with Crippen LogP contribution in [0.5, 0.6) is 0 Å². The molecule has 0 fully saturated rings. The number of esters is 1. The molecule has 2 rings (SSSR count). The van der Waals surface area contributed by atoms with E-state index in [4.69, 9.17) is 16.3 Å². The third-order valence-corrected chi connectivity index (χ3v) is 3.28. The van der Waals surface area contributed by atoms with E-state index in [0.29, 0.717) is 30.2 Å². The van der Waals surface area contributed by atoms with Gasteiger partial charge in [-0.25, -0.2) is 9.78 Å². The van der Waals surface area contributed by atoms with Crippen molar-refractivity contribution in [1.29, 1.82) is 0 Å². The van der Waals surface area contributed by atoms with Gasteiger partial charge in [-0.15, -0.1) is 0 Å². The number of ketones is 1. The van der Waals surface area contributed by atoms with Crippen LogP contribution in [0, 0.1) is 0 Å².